The van der Waals surface area contributed by atoms with Gasteiger partial charge in [0, 0.05) is 18.0 Å². The van der Waals surface area contributed by atoms with Gasteiger partial charge in [-0.2, -0.15) is 0 Å². The standard InChI is InChI=1S/C23H31NO/c1-16-5-2-3-6-18(16)13-20-8-10-24(22(20)25)23-9-4-7-19-11-17(14-23)12-21(19)15-23/h2-3,5-6,17,19-21H,4,7-15H2,1H3. The van der Waals surface area contributed by atoms with Crippen molar-refractivity contribution in [2.45, 2.75) is 70.3 Å². The van der Waals surface area contributed by atoms with Crippen LogP contribution in [0.5, 0.6) is 0 Å². The molecule has 1 heterocycles. The molecular formula is C23H31NO. The fraction of sp³-hybridized carbons (Fsp3) is 0.696. The van der Waals surface area contributed by atoms with Crippen molar-refractivity contribution in [1.29, 1.82) is 0 Å². The van der Waals surface area contributed by atoms with Crippen molar-refractivity contribution >= 4 is 5.91 Å². The van der Waals surface area contributed by atoms with Gasteiger partial charge >= 0.3 is 0 Å². The van der Waals surface area contributed by atoms with Crippen LogP contribution in [0.3, 0.4) is 0 Å². The summed E-state index contributed by atoms with van der Waals surface area (Å²) in [7, 11) is 0. The van der Waals surface area contributed by atoms with Gasteiger partial charge in [-0.25, -0.2) is 0 Å². The number of rotatable bonds is 3. The van der Waals surface area contributed by atoms with E-state index in [0.717, 1.165) is 37.1 Å². The van der Waals surface area contributed by atoms with E-state index in [4.69, 9.17) is 0 Å². The zero-order chi connectivity index (χ0) is 17.0. The summed E-state index contributed by atoms with van der Waals surface area (Å²) < 4.78 is 0. The average Bonchev–Trinajstić information content (AvgIpc) is 3.05. The number of aryl methyl sites for hydroxylation is 1. The monoisotopic (exact) mass is 337 g/mol. The van der Waals surface area contributed by atoms with Crippen molar-refractivity contribution in [2.75, 3.05) is 6.54 Å². The summed E-state index contributed by atoms with van der Waals surface area (Å²) in [4.78, 5) is 15.8. The molecule has 1 aromatic rings. The zero-order valence-corrected chi connectivity index (χ0v) is 15.5. The Labute approximate surface area is 152 Å². The van der Waals surface area contributed by atoms with Crippen LogP contribution in [0.15, 0.2) is 24.3 Å². The van der Waals surface area contributed by atoms with Crippen molar-refractivity contribution < 1.29 is 4.79 Å². The minimum Gasteiger partial charge on any atom is -0.337 e. The number of fused-ring (bicyclic) bond motifs is 2. The quantitative estimate of drug-likeness (QED) is 0.780. The SMILES string of the molecule is Cc1ccccc1CC1CCN(C23CCCC4CC(CC4C2)C3)C1=O. The molecule has 134 valence electrons. The molecule has 4 fully saturated rings. The number of carbonyl (C=O) groups excluding carboxylic acids is 1. The molecule has 3 bridgehead atoms. The molecule has 3 saturated carbocycles. The van der Waals surface area contributed by atoms with Crippen LogP contribution >= 0.6 is 0 Å². The van der Waals surface area contributed by atoms with Crippen LogP contribution in [0, 0.1) is 30.6 Å². The number of carbonyl (C=O) groups is 1. The first-order valence-electron chi connectivity index (χ1n) is 10.5. The van der Waals surface area contributed by atoms with Gasteiger partial charge in [0.1, 0.15) is 0 Å². The molecule has 1 aliphatic heterocycles. The van der Waals surface area contributed by atoms with E-state index in [9.17, 15) is 4.79 Å². The first-order chi connectivity index (χ1) is 12.1. The van der Waals surface area contributed by atoms with Crippen molar-refractivity contribution in [3.05, 3.63) is 35.4 Å². The second-order valence-corrected chi connectivity index (χ2v) is 9.49. The zero-order valence-electron chi connectivity index (χ0n) is 15.5. The van der Waals surface area contributed by atoms with Crippen LogP contribution in [-0.4, -0.2) is 22.9 Å². The summed E-state index contributed by atoms with van der Waals surface area (Å²) in [6.45, 7) is 3.19. The summed E-state index contributed by atoms with van der Waals surface area (Å²) in [6, 6.07) is 8.60. The molecule has 0 aromatic heterocycles. The third-order valence-electron chi connectivity index (χ3n) is 8.08. The molecule has 0 N–H and O–H groups in total. The van der Waals surface area contributed by atoms with Gasteiger partial charge in [0.25, 0.3) is 0 Å². The Morgan fingerprint density at radius 1 is 1.12 bits per heavy atom. The van der Waals surface area contributed by atoms with Gasteiger partial charge in [0.15, 0.2) is 0 Å². The average molecular weight is 338 g/mol. The largest absolute Gasteiger partial charge is 0.337 e. The van der Waals surface area contributed by atoms with Gasteiger partial charge in [-0.15, -0.1) is 0 Å². The Kier molecular flexibility index (Phi) is 3.73. The molecule has 25 heavy (non-hydrogen) atoms. The first kappa shape index (κ1) is 15.9. The normalized spacial score (nSPS) is 39.9. The highest BCUT2D eigenvalue weighted by Crippen LogP contribution is 2.57. The lowest BCUT2D eigenvalue weighted by Crippen LogP contribution is -2.53. The highest BCUT2D eigenvalue weighted by Gasteiger charge is 2.54. The second-order valence-electron chi connectivity index (χ2n) is 9.49. The van der Waals surface area contributed by atoms with Gasteiger partial charge in [-0.05, 0) is 80.8 Å². The molecule has 0 spiro atoms. The summed E-state index contributed by atoms with van der Waals surface area (Å²) in [5, 5.41) is 0. The van der Waals surface area contributed by atoms with Gasteiger partial charge < -0.3 is 4.90 Å². The number of hydrogen-bond donors (Lipinski definition) is 0. The molecule has 1 aromatic carbocycles. The third kappa shape index (κ3) is 2.55. The number of nitrogens with zero attached hydrogens (tertiary/aromatic N) is 1. The number of hydrogen-bond acceptors (Lipinski definition) is 1. The second kappa shape index (κ2) is 5.86. The molecule has 3 aliphatic carbocycles. The van der Waals surface area contributed by atoms with Crippen molar-refractivity contribution in [1.82, 2.24) is 4.90 Å². The van der Waals surface area contributed by atoms with E-state index in [2.05, 4.69) is 36.1 Å². The molecule has 5 unspecified atom stereocenters. The maximum absolute atomic E-state index is 13.4. The predicted molar refractivity (Wildman–Crippen MR) is 100 cm³/mol. The maximum Gasteiger partial charge on any atom is 0.226 e. The Morgan fingerprint density at radius 3 is 2.84 bits per heavy atom. The summed E-state index contributed by atoms with van der Waals surface area (Å²) in [5.74, 6) is 3.50. The lowest BCUT2D eigenvalue weighted by Gasteiger charge is -2.47. The molecule has 2 heteroatoms. The highest BCUT2D eigenvalue weighted by atomic mass is 16.2. The molecule has 1 amide bonds. The predicted octanol–water partition coefficient (Wildman–Crippen LogP) is 4.74. The van der Waals surface area contributed by atoms with Crippen LogP contribution in [0.25, 0.3) is 0 Å². The Balaban J connectivity index is 1.37. The maximum atomic E-state index is 13.4. The van der Waals surface area contributed by atoms with Crippen molar-refractivity contribution in [2.24, 2.45) is 23.7 Å². The minimum atomic E-state index is 0.217. The van der Waals surface area contributed by atoms with Crippen LogP contribution in [0.2, 0.25) is 0 Å². The molecule has 5 rings (SSSR count). The van der Waals surface area contributed by atoms with Gasteiger partial charge in [0.05, 0.1) is 0 Å². The Hall–Kier alpha value is -1.31. The summed E-state index contributed by atoms with van der Waals surface area (Å²) in [5.41, 5.74) is 2.93. The van der Waals surface area contributed by atoms with Gasteiger partial charge in [-0.3, -0.25) is 4.79 Å². The third-order valence-corrected chi connectivity index (χ3v) is 8.08. The number of amides is 1. The van der Waals surface area contributed by atoms with Crippen LogP contribution < -0.4 is 0 Å². The van der Waals surface area contributed by atoms with Crippen molar-refractivity contribution in [3.8, 4) is 0 Å². The van der Waals surface area contributed by atoms with Gasteiger partial charge in [-0.1, -0.05) is 37.1 Å². The molecule has 4 aliphatic rings. The molecule has 5 atom stereocenters. The van der Waals surface area contributed by atoms with E-state index in [-0.39, 0.29) is 11.5 Å². The minimum absolute atomic E-state index is 0.217. The number of likely N-dealkylation sites (tertiary alicyclic amines) is 1. The molecular weight excluding hydrogens is 306 g/mol. The molecule has 2 nitrogen and oxygen atoms in total. The lowest BCUT2D eigenvalue weighted by molar-refractivity contribution is -0.139. The Bertz CT molecular complexity index is 682. The summed E-state index contributed by atoms with van der Waals surface area (Å²) in [6.07, 6.45) is 11.6. The van der Waals surface area contributed by atoms with E-state index < -0.39 is 0 Å². The fourth-order valence-corrected chi connectivity index (χ4v) is 6.97. The van der Waals surface area contributed by atoms with Crippen molar-refractivity contribution in [3.63, 3.8) is 0 Å². The van der Waals surface area contributed by atoms with E-state index >= 15 is 0 Å². The van der Waals surface area contributed by atoms with Crippen LogP contribution in [-0.2, 0) is 11.2 Å². The van der Waals surface area contributed by atoms with Crippen LogP contribution in [0.1, 0.15) is 62.5 Å². The summed E-state index contributed by atoms with van der Waals surface area (Å²) >= 11 is 0. The topological polar surface area (TPSA) is 20.3 Å². The fourth-order valence-electron chi connectivity index (χ4n) is 6.97. The Morgan fingerprint density at radius 2 is 1.96 bits per heavy atom. The van der Waals surface area contributed by atoms with E-state index in [1.165, 1.54) is 56.1 Å². The number of benzene rings is 1. The van der Waals surface area contributed by atoms with E-state index in [1.807, 2.05) is 0 Å². The lowest BCUT2D eigenvalue weighted by atomic mass is 9.72. The van der Waals surface area contributed by atoms with Crippen LogP contribution in [0.4, 0.5) is 0 Å². The van der Waals surface area contributed by atoms with Gasteiger partial charge in [0.2, 0.25) is 5.91 Å². The molecule has 0 radical (unpaired) electrons. The van der Waals surface area contributed by atoms with E-state index in [1.54, 1.807) is 0 Å². The smallest absolute Gasteiger partial charge is 0.226 e. The highest BCUT2D eigenvalue weighted by molar-refractivity contribution is 5.82. The molecule has 1 saturated heterocycles. The van der Waals surface area contributed by atoms with E-state index in [0.29, 0.717) is 5.91 Å². The first-order valence-corrected chi connectivity index (χ1v) is 10.5.